The summed E-state index contributed by atoms with van der Waals surface area (Å²) in [7, 11) is 0. The van der Waals surface area contributed by atoms with Crippen molar-refractivity contribution >= 4 is 17.4 Å². The molecule has 4 nitrogen and oxygen atoms in total. The van der Waals surface area contributed by atoms with Crippen molar-refractivity contribution in [2.75, 3.05) is 5.32 Å². The van der Waals surface area contributed by atoms with Gasteiger partial charge in [0.15, 0.2) is 5.78 Å². The molecule has 2 N–H and O–H groups in total. The Bertz CT molecular complexity index is 766. The molecule has 0 spiro atoms. The van der Waals surface area contributed by atoms with Gasteiger partial charge in [-0.25, -0.2) is 0 Å². The first-order chi connectivity index (χ1) is 11.5. The van der Waals surface area contributed by atoms with Crippen LogP contribution in [0.3, 0.4) is 0 Å². The molecule has 1 amide bonds. The predicted octanol–water partition coefficient (Wildman–Crippen LogP) is 3.44. The summed E-state index contributed by atoms with van der Waals surface area (Å²) in [6, 6.07) is 14.6. The number of anilines is 1. The highest BCUT2D eigenvalue weighted by Gasteiger charge is 2.26. The summed E-state index contributed by atoms with van der Waals surface area (Å²) in [5, 5.41) is 13.3. The fourth-order valence-corrected chi connectivity index (χ4v) is 3.12. The van der Waals surface area contributed by atoms with Crippen LogP contribution in [0.5, 0.6) is 0 Å². The standard InChI is InChI=1S/C20H21NO3/c1-20(24,15-7-3-2-4-8-15)13-19(23)21-16-11-10-14-6-5-9-18(22)17(14)12-16/h2-4,7-8,10-12,24H,5-6,9,13H2,1H3,(H,21,23). The van der Waals surface area contributed by atoms with E-state index in [2.05, 4.69) is 5.32 Å². The molecule has 124 valence electrons. The number of benzene rings is 2. The highest BCUT2D eigenvalue weighted by Crippen LogP contribution is 2.27. The zero-order valence-electron chi connectivity index (χ0n) is 13.7. The Labute approximate surface area is 141 Å². The molecule has 1 aliphatic carbocycles. The quantitative estimate of drug-likeness (QED) is 0.906. The number of hydrogen-bond acceptors (Lipinski definition) is 3. The van der Waals surface area contributed by atoms with E-state index in [1.54, 1.807) is 25.1 Å². The number of rotatable bonds is 4. The molecule has 2 aromatic carbocycles. The monoisotopic (exact) mass is 323 g/mol. The summed E-state index contributed by atoms with van der Waals surface area (Å²) in [4.78, 5) is 24.3. The van der Waals surface area contributed by atoms with Gasteiger partial charge in [-0.3, -0.25) is 9.59 Å². The van der Waals surface area contributed by atoms with Crippen molar-refractivity contribution < 1.29 is 14.7 Å². The molecular weight excluding hydrogens is 302 g/mol. The lowest BCUT2D eigenvalue weighted by Crippen LogP contribution is -2.28. The number of Topliss-reactive ketones (excluding diaryl/α,β-unsaturated/α-hetero) is 1. The van der Waals surface area contributed by atoms with Gasteiger partial charge in [-0.1, -0.05) is 36.4 Å². The minimum atomic E-state index is -1.24. The van der Waals surface area contributed by atoms with Crippen molar-refractivity contribution in [1.29, 1.82) is 0 Å². The van der Waals surface area contributed by atoms with E-state index in [1.165, 1.54) is 0 Å². The van der Waals surface area contributed by atoms with E-state index >= 15 is 0 Å². The van der Waals surface area contributed by atoms with E-state index in [1.807, 2.05) is 30.3 Å². The van der Waals surface area contributed by atoms with Crippen LogP contribution in [0.1, 0.15) is 47.7 Å². The Morgan fingerprint density at radius 1 is 1.17 bits per heavy atom. The fourth-order valence-electron chi connectivity index (χ4n) is 3.12. The van der Waals surface area contributed by atoms with Gasteiger partial charge in [0.05, 0.1) is 12.0 Å². The number of nitrogens with one attached hydrogen (secondary N) is 1. The molecule has 1 aliphatic rings. The first-order valence-corrected chi connectivity index (χ1v) is 8.19. The lowest BCUT2D eigenvalue weighted by atomic mass is 9.90. The molecule has 0 fully saturated rings. The lowest BCUT2D eigenvalue weighted by molar-refractivity contribution is -0.120. The van der Waals surface area contributed by atoms with Crippen LogP contribution < -0.4 is 5.32 Å². The predicted molar refractivity (Wildman–Crippen MR) is 93.0 cm³/mol. The summed E-state index contributed by atoms with van der Waals surface area (Å²) in [5.74, 6) is -0.157. The second kappa shape index (κ2) is 6.57. The van der Waals surface area contributed by atoms with Gasteiger partial charge in [-0.15, -0.1) is 0 Å². The topological polar surface area (TPSA) is 66.4 Å². The summed E-state index contributed by atoms with van der Waals surface area (Å²) >= 11 is 0. The molecule has 0 radical (unpaired) electrons. The van der Waals surface area contributed by atoms with Crippen molar-refractivity contribution in [2.24, 2.45) is 0 Å². The van der Waals surface area contributed by atoms with Crippen LogP contribution in [0.15, 0.2) is 48.5 Å². The van der Waals surface area contributed by atoms with Gasteiger partial charge in [0, 0.05) is 17.7 Å². The SMILES string of the molecule is CC(O)(CC(=O)Nc1ccc2c(c1)C(=O)CCC2)c1ccccc1. The minimum absolute atomic E-state index is 0.0535. The third-order valence-corrected chi connectivity index (χ3v) is 4.44. The largest absolute Gasteiger partial charge is 0.385 e. The second-order valence-corrected chi connectivity index (χ2v) is 6.51. The van der Waals surface area contributed by atoms with Crippen molar-refractivity contribution in [1.82, 2.24) is 0 Å². The molecule has 1 atom stereocenters. The first-order valence-electron chi connectivity index (χ1n) is 8.19. The van der Waals surface area contributed by atoms with E-state index in [9.17, 15) is 14.7 Å². The maximum atomic E-state index is 12.3. The van der Waals surface area contributed by atoms with Gasteiger partial charge in [0.1, 0.15) is 0 Å². The van der Waals surface area contributed by atoms with Crippen molar-refractivity contribution in [3.8, 4) is 0 Å². The average Bonchev–Trinajstić information content (AvgIpc) is 2.56. The zero-order chi connectivity index (χ0) is 17.2. The summed E-state index contributed by atoms with van der Waals surface area (Å²) < 4.78 is 0. The van der Waals surface area contributed by atoms with Crippen LogP contribution >= 0.6 is 0 Å². The number of aliphatic hydroxyl groups is 1. The molecule has 0 bridgehead atoms. The van der Waals surface area contributed by atoms with E-state index in [0.717, 1.165) is 18.4 Å². The smallest absolute Gasteiger partial charge is 0.227 e. The number of carbonyl (C=O) groups excluding carboxylic acids is 2. The normalized spacial score (nSPS) is 16.2. The van der Waals surface area contributed by atoms with Gasteiger partial charge in [0.25, 0.3) is 0 Å². The zero-order valence-corrected chi connectivity index (χ0v) is 13.7. The highest BCUT2D eigenvalue weighted by atomic mass is 16.3. The van der Waals surface area contributed by atoms with Crippen LogP contribution in [0.2, 0.25) is 0 Å². The Morgan fingerprint density at radius 3 is 2.67 bits per heavy atom. The summed E-state index contributed by atoms with van der Waals surface area (Å²) in [6.07, 6.45) is 2.30. The average molecular weight is 323 g/mol. The van der Waals surface area contributed by atoms with Crippen molar-refractivity contribution in [3.63, 3.8) is 0 Å². The second-order valence-electron chi connectivity index (χ2n) is 6.51. The van der Waals surface area contributed by atoms with Gasteiger partial charge in [0.2, 0.25) is 5.91 Å². The number of amides is 1. The number of carbonyl (C=O) groups is 2. The van der Waals surface area contributed by atoms with Crippen molar-refractivity contribution in [2.45, 2.75) is 38.2 Å². The number of hydrogen-bond donors (Lipinski definition) is 2. The Morgan fingerprint density at radius 2 is 1.92 bits per heavy atom. The Hall–Kier alpha value is -2.46. The van der Waals surface area contributed by atoms with Crippen LogP contribution in [0, 0.1) is 0 Å². The molecule has 24 heavy (non-hydrogen) atoms. The number of fused-ring (bicyclic) bond motifs is 1. The van der Waals surface area contributed by atoms with Crippen LogP contribution in [0.4, 0.5) is 5.69 Å². The molecule has 3 rings (SSSR count). The molecule has 2 aromatic rings. The molecule has 0 aliphatic heterocycles. The number of aryl methyl sites for hydroxylation is 1. The molecule has 4 heteroatoms. The minimum Gasteiger partial charge on any atom is -0.385 e. The van der Waals surface area contributed by atoms with E-state index in [-0.39, 0.29) is 18.1 Å². The molecular formula is C20H21NO3. The third kappa shape index (κ3) is 3.54. The molecule has 1 unspecified atom stereocenters. The molecule has 0 aromatic heterocycles. The number of ketones is 1. The van der Waals surface area contributed by atoms with Gasteiger partial charge >= 0.3 is 0 Å². The third-order valence-electron chi connectivity index (χ3n) is 4.44. The van der Waals surface area contributed by atoms with Gasteiger partial charge < -0.3 is 10.4 Å². The molecule has 0 heterocycles. The maximum Gasteiger partial charge on any atom is 0.227 e. The van der Waals surface area contributed by atoms with Gasteiger partial charge in [-0.2, -0.15) is 0 Å². The van der Waals surface area contributed by atoms with Crippen LogP contribution in [-0.2, 0) is 16.8 Å². The van der Waals surface area contributed by atoms with Crippen molar-refractivity contribution in [3.05, 3.63) is 65.2 Å². The fraction of sp³-hybridized carbons (Fsp3) is 0.300. The van der Waals surface area contributed by atoms with Crippen LogP contribution in [-0.4, -0.2) is 16.8 Å². The van der Waals surface area contributed by atoms with Gasteiger partial charge in [-0.05, 0) is 43.0 Å². The van der Waals surface area contributed by atoms with E-state index in [0.29, 0.717) is 23.2 Å². The Balaban J connectivity index is 1.71. The maximum absolute atomic E-state index is 12.3. The molecule has 0 saturated heterocycles. The summed E-state index contributed by atoms with van der Waals surface area (Å²) in [5.41, 5.74) is 1.79. The lowest BCUT2D eigenvalue weighted by Gasteiger charge is -2.23. The summed E-state index contributed by atoms with van der Waals surface area (Å²) in [6.45, 7) is 1.62. The Kier molecular flexibility index (Phi) is 4.49. The van der Waals surface area contributed by atoms with Crippen LogP contribution in [0.25, 0.3) is 0 Å². The molecule has 0 saturated carbocycles. The van der Waals surface area contributed by atoms with E-state index in [4.69, 9.17) is 0 Å². The highest BCUT2D eigenvalue weighted by molar-refractivity contribution is 6.00. The first kappa shape index (κ1) is 16.4. The van der Waals surface area contributed by atoms with E-state index < -0.39 is 5.60 Å².